The summed E-state index contributed by atoms with van der Waals surface area (Å²) in [4.78, 5) is 2.96. The predicted molar refractivity (Wildman–Crippen MR) is 50.9 cm³/mol. The summed E-state index contributed by atoms with van der Waals surface area (Å²) in [5.74, 6) is -0.231. The van der Waals surface area contributed by atoms with E-state index >= 15 is 0 Å². The molecule has 0 aliphatic heterocycles. The maximum Gasteiger partial charge on any atom is 0.153 e. The molecule has 1 aromatic heterocycles. The van der Waals surface area contributed by atoms with Crippen molar-refractivity contribution in [2.75, 3.05) is 0 Å². The highest BCUT2D eigenvalue weighted by Crippen LogP contribution is 2.23. The van der Waals surface area contributed by atoms with Crippen LogP contribution in [0.4, 0.5) is 4.39 Å². The van der Waals surface area contributed by atoms with Crippen LogP contribution in [-0.2, 0) is 0 Å². The molecule has 3 N–H and O–H groups in total. The maximum absolute atomic E-state index is 13.6. The molecule has 0 aliphatic carbocycles. The van der Waals surface area contributed by atoms with Gasteiger partial charge in [-0.1, -0.05) is 12.1 Å². The Balaban J connectivity index is 2.74. The number of H-pyrrole nitrogens is 1. The molecule has 68 valence electrons. The van der Waals surface area contributed by atoms with E-state index in [4.69, 9.17) is 5.73 Å². The summed E-state index contributed by atoms with van der Waals surface area (Å²) in [6.45, 7) is 1.76. The molecule has 0 aliphatic rings. The Morgan fingerprint density at radius 3 is 2.69 bits per heavy atom. The summed E-state index contributed by atoms with van der Waals surface area (Å²) in [5.41, 5.74) is 6.88. The SMILES string of the molecule is C[C@H](N)c1[nH]c2ccccc2c1F. The topological polar surface area (TPSA) is 41.8 Å². The molecule has 3 heteroatoms. The minimum atomic E-state index is -0.299. The quantitative estimate of drug-likeness (QED) is 0.691. The van der Waals surface area contributed by atoms with Gasteiger partial charge in [0.1, 0.15) is 0 Å². The van der Waals surface area contributed by atoms with Crippen molar-refractivity contribution in [2.24, 2.45) is 5.73 Å². The summed E-state index contributed by atoms with van der Waals surface area (Å²) < 4.78 is 13.6. The number of halogens is 1. The van der Waals surface area contributed by atoms with E-state index in [2.05, 4.69) is 4.98 Å². The van der Waals surface area contributed by atoms with E-state index in [9.17, 15) is 4.39 Å². The highest BCUT2D eigenvalue weighted by molar-refractivity contribution is 5.81. The van der Waals surface area contributed by atoms with Crippen molar-refractivity contribution in [3.8, 4) is 0 Å². The zero-order valence-corrected chi connectivity index (χ0v) is 7.34. The van der Waals surface area contributed by atoms with Gasteiger partial charge in [-0.3, -0.25) is 0 Å². The van der Waals surface area contributed by atoms with Crippen molar-refractivity contribution in [3.63, 3.8) is 0 Å². The smallest absolute Gasteiger partial charge is 0.153 e. The first kappa shape index (κ1) is 8.26. The minimum Gasteiger partial charge on any atom is -0.355 e. The van der Waals surface area contributed by atoms with Crippen LogP contribution < -0.4 is 5.73 Å². The Kier molecular flexibility index (Phi) is 1.81. The number of nitrogens with two attached hydrogens (primary N) is 1. The van der Waals surface area contributed by atoms with E-state index in [1.54, 1.807) is 13.0 Å². The van der Waals surface area contributed by atoms with Crippen molar-refractivity contribution in [1.29, 1.82) is 0 Å². The van der Waals surface area contributed by atoms with Crippen molar-refractivity contribution in [2.45, 2.75) is 13.0 Å². The Morgan fingerprint density at radius 1 is 1.38 bits per heavy atom. The molecule has 1 aromatic carbocycles. The van der Waals surface area contributed by atoms with Crippen molar-refractivity contribution < 1.29 is 4.39 Å². The van der Waals surface area contributed by atoms with Gasteiger partial charge in [0.15, 0.2) is 5.82 Å². The van der Waals surface area contributed by atoms with E-state index in [0.29, 0.717) is 11.1 Å². The van der Waals surface area contributed by atoms with E-state index in [1.165, 1.54) is 0 Å². The number of para-hydroxylation sites is 1. The molecule has 0 bridgehead atoms. The molecule has 0 amide bonds. The molecule has 0 saturated carbocycles. The van der Waals surface area contributed by atoms with Crippen LogP contribution in [0.1, 0.15) is 18.7 Å². The predicted octanol–water partition coefficient (Wildman–Crippen LogP) is 2.33. The minimum absolute atomic E-state index is 0.231. The van der Waals surface area contributed by atoms with Crippen molar-refractivity contribution in [3.05, 3.63) is 35.8 Å². The van der Waals surface area contributed by atoms with Crippen LogP contribution in [0.3, 0.4) is 0 Å². The first-order valence-electron chi connectivity index (χ1n) is 4.22. The standard InChI is InChI=1S/C10H11FN2/c1-6(12)10-9(11)7-4-2-3-5-8(7)13-10/h2-6,13H,12H2,1H3/t6-/m0/s1. The van der Waals surface area contributed by atoms with Gasteiger partial charge in [-0.25, -0.2) is 4.39 Å². The molecule has 2 nitrogen and oxygen atoms in total. The molecule has 0 saturated heterocycles. The van der Waals surface area contributed by atoms with E-state index < -0.39 is 0 Å². The first-order valence-corrected chi connectivity index (χ1v) is 4.22. The average molecular weight is 178 g/mol. The zero-order valence-electron chi connectivity index (χ0n) is 7.34. The van der Waals surface area contributed by atoms with E-state index in [-0.39, 0.29) is 11.9 Å². The number of aromatic nitrogens is 1. The van der Waals surface area contributed by atoms with Crippen LogP contribution in [0.15, 0.2) is 24.3 Å². The number of fused-ring (bicyclic) bond motifs is 1. The van der Waals surface area contributed by atoms with Gasteiger partial charge >= 0.3 is 0 Å². The lowest BCUT2D eigenvalue weighted by atomic mass is 10.2. The van der Waals surface area contributed by atoms with Crippen molar-refractivity contribution >= 4 is 10.9 Å². The molecule has 2 rings (SSSR count). The van der Waals surface area contributed by atoms with Gasteiger partial charge < -0.3 is 10.7 Å². The molecular formula is C10H11FN2. The zero-order chi connectivity index (χ0) is 9.42. The highest BCUT2D eigenvalue weighted by atomic mass is 19.1. The van der Waals surface area contributed by atoms with Crippen LogP contribution in [0.25, 0.3) is 10.9 Å². The average Bonchev–Trinajstić information content (AvgIpc) is 2.45. The second-order valence-corrected chi connectivity index (χ2v) is 3.19. The van der Waals surface area contributed by atoms with Gasteiger partial charge in [-0.05, 0) is 19.1 Å². The second-order valence-electron chi connectivity index (χ2n) is 3.19. The van der Waals surface area contributed by atoms with Crippen LogP contribution in [0.5, 0.6) is 0 Å². The van der Waals surface area contributed by atoms with Crippen LogP contribution >= 0.6 is 0 Å². The lowest BCUT2D eigenvalue weighted by Crippen LogP contribution is -2.06. The Hall–Kier alpha value is -1.35. The second kappa shape index (κ2) is 2.85. The Labute approximate surface area is 75.6 Å². The summed E-state index contributed by atoms with van der Waals surface area (Å²) in [7, 11) is 0. The highest BCUT2D eigenvalue weighted by Gasteiger charge is 2.12. The fourth-order valence-electron chi connectivity index (χ4n) is 1.44. The maximum atomic E-state index is 13.6. The summed E-state index contributed by atoms with van der Waals surface area (Å²) in [6.07, 6.45) is 0. The van der Waals surface area contributed by atoms with E-state index in [1.807, 2.05) is 18.2 Å². The third kappa shape index (κ3) is 1.21. The summed E-state index contributed by atoms with van der Waals surface area (Å²) >= 11 is 0. The summed E-state index contributed by atoms with van der Waals surface area (Å²) in [5, 5.41) is 0.606. The normalized spacial score (nSPS) is 13.5. The van der Waals surface area contributed by atoms with E-state index in [0.717, 1.165) is 5.52 Å². The monoisotopic (exact) mass is 178 g/mol. The van der Waals surface area contributed by atoms with Crippen LogP contribution in [-0.4, -0.2) is 4.98 Å². The molecule has 0 spiro atoms. The third-order valence-corrected chi connectivity index (χ3v) is 2.12. The number of benzene rings is 1. The molecule has 1 heterocycles. The van der Waals surface area contributed by atoms with Crippen LogP contribution in [0.2, 0.25) is 0 Å². The third-order valence-electron chi connectivity index (χ3n) is 2.12. The lowest BCUT2D eigenvalue weighted by Gasteiger charge is -2.00. The molecule has 1 atom stereocenters. The number of hydrogen-bond acceptors (Lipinski definition) is 1. The molecule has 0 unspecified atom stereocenters. The lowest BCUT2D eigenvalue weighted by molar-refractivity contribution is 0.599. The fourth-order valence-corrected chi connectivity index (χ4v) is 1.44. The number of aromatic amines is 1. The van der Waals surface area contributed by atoms with Gasteiger partial charge in [0.25, 0.3) is 0 Å². The van der Waals surface area contributed by atoms with Crippen molar-refractivity contribution in [1.82, 2.24) is 4.98 Å². The fraction of sp³-hybridized carbons (Fsp3) is 0.200. The number of nitrogens with one attached hydrogen (secondary N) is 1. The van der Waals surface area contributed by atoms with Gasteiger partial charge in [-0.15, -0.1) is 0 Å². The largest absolute Gasteiger partial charge is 0.355 e. The first-order chi connectivity index (χ1) is 6.20. The summed E-state index contributed by atoms with van der Waals surface area (Å²) in [6, 6.07) is 6.96. The molecule has 13 heavy (non-hydrogen) atoms. The molecule has 2 aromatic rings. The van der Waals surface area contributed by atoms with Crippen LogP contribution in [0, 0.1) is 5.82 Å². The molecule has 0 radical (unpaired) electrons. The Bertz CT molecular complexity index is 431. The number of hydrogen-bond donors (Lipinski definition) is 2. The van der Waals surface area contributed by atoms with Gasteiger partial charge in [0.2, 0.25) is 0 Å². The number of rotatable bonds is 1. The van der Waals surface area contributed by atoms with Gasteiger partial charge in [0.05, 0.1) is 5.69 Å². The van der Waals surface area contributed by atoms with Gasteiger partial charge in [-0.2, -0.15) is 0 Å². The Morgan fingerprint density at radius 2 is 2.08 bits per heavy atom. The molecule has 0 fully saturated rings. The molecular weight excluding hydrogens is 167 g/mol. The van der Waals surface area contributed by atoms with Gasteiger partial charge in [0, 0.05) is 16.9 Å².